The number of carbonyl (C=O) groups excluding carboxylic acids is 1. The van der Waals surface area contributed by atoms with Gasteiger partial charge in [0.05, 0.1) is 21.7 Å². The van der Waals surface area contributed by atoms with Crippen molar-refractivity contribution in [3.63, 3.8) is 0 Å². The fraction of sp³-hybridized carbons (Fsp3) is 0.440. The Morgan fingerprint density at radius 1 is 1.12 bits per heavy atom. The predicted octanol–water partition coefficient (Wildman–Crippen LogP) is 3.49. The summed E-state index contributed by atoms with van der Waals surface area (Å²) >= 11 is 1.55. The number of piperidine rings is 1. The highest BCUT2D eigenvalue weighted by Crippen LogP contribution is 2.30. The van der Waals surface area contributed by atoms with E-state index in [0.717, 1.165) is 65.5 Å². The number of nitrogens with one attached hydrogen (secondary N) is 1. The lowest BCUT2D eigenvalue weighted by Crippen LogP contribution is -2.37. The third-order valence-electron chi connectivity index (χ3n) is 6.66. The Kier molecular flexibility index (Phi) is 6.46. The van der Waals surface area contributed by atoms with Gasteiger partial charge in [-0.2, -0.15) is 0 Å². The molecule has 1 N–H and O–H groups in total. The molecular weight excluding hydrogens is 434 g/mol. The van der Waals surface area contributed by atoms with E-state index in [1.54, 1.807) is 17.8 Å². The van der Waals surface area contributed by atoms with Crippen molar-refractivity contribution in [3.8, 4) is 0 Å². The van der Waals surface area contributed by atoms with Crippen LogP contribution in [-0.4, -0.2) is 50.7 Å². The number of anilines is 1. The van der Waals surface area contributed by atoms with Gasteiger partial charge in [-0.25, -0.2) is 4.98 Å². The van der Waals surface area contributed by atoms with Gasteiger partial charge in [-0.3, -0.25) is 14.6 Å². The fourth-order valence-electron chi connectivity index (χ4n) is 4.73. The zero-order valence-corrected chi connectivity index (χ0v) is 19.7. The fourth-order valence-corrected chi connectivity index (χ4v) is 5.49. The van der Waals surface area contributed by atoms with Gasteiger partial charge >= 0.3 is 0 Å². The number of hydrogen-bond acceptors (Lipinski definition) is 6. The first-order valence-electron chi connectivity index (χ1n) is 11.7. The molecule has 1 amide bonds. The third-order valence-corrected chi connectivity index (χ3v) is 7.71. The van der Waals surface area contributed by atoms with Gasteiger partial charge in [0, 0.05) is 31.0 Å². The lowest BCUT2D eigenvalue weighted by atomic mass is 9.91. The van der Waals surface area contributed by atoms with E-state index in [2.05, 4.69) is 38.4 Å². The minimum atomic E-state index is 0.0293. The predicted molar refractivity (Wildman–Crippen MR) is 132 cm³/mol. The van der Waals surface area contributed by atoms with Crippen LogP contribution in [-0.2, 0) is 17.8 Å². The van der Waals surface area contributed by atoms with E-state index in [-0.39, 0.29) is 11.5 Å². The smallest absolute Gasteiger partial charge is 0.251 e. The van der Waals surface area contributed by atoms with Crippen molar-refractivity contribution in [2.24, 2.45) is 5.92 Å². The van der Waals surface area contributed by atoms with E-state index in [9.17, 15) is 9.59 Å². The van der Waals surface area contributed by atoms with Gasteiger partial charge in [0.15, 0.2) is 0 Å². The van der Waals surface area contributed by atoms with Gasteiger partial charge in [-0.15, -0.1) is 11.8 Å². The van der Waals surface area contributed by atoms with Gasteiger partial charge in [0.1, 0.15) is 5.82 Å². The molecule has 8 heteroatoms. The Balaban J connectivity index is 1.13. The molecule has 5 heterocycles. The van der Waals surface area contributed by atoms with Gasteiger partial charge in [0.2, 0.25) is 5.91 Å². The summed E-state index contributed by atoms with van der Waals surface area (Å²) in [6.07, 6.45) is 6.24. The highest BCUT2D eigenvalue weighted by atomic mass is 32.2. The number of hydrogen-bond donors (Lipinski definition) is 1. The number of likely N-dealkylation sites (tertiary alicyclic amines) is 1. The molecule has 2 aliphatic rings. The SMILES string of the molecule is Cc1cnc2ccc(=O)n(CCN3CCC(CCc4ccc5c(n4)NC(=O)CS5)CC3)c2c1. The number of aromatic nitrogens is 3. The van der Waals surface area contributed by atoms with E-state index < -0.39 is 0 Å². The van der Waals surface area contributed by atoms with Gasteiger partial charge in [-0.1, -0.05) is 0 Å². The first kappa shape index (κ1) is 22.1. The van der Waals surface area contributed by atoms with Crippen LogP contribution in [0.3, 0.4) is 0 Å². The van der Waals surface area contributed by atoms with Crippen molar-refractivity contribution in [1.29, 1.82) is 0 Å². The number of aryl methyl sites for hydroxylation is 2. The highest BCUT2D eigenvalue weighted by molar-refractivity contribution is 8.00. The Labute approximate surface area is 197 Å². The van der Waals surface area contributed by atoms with Crippen molar-refractivity contribution in [2.75, 3.05) is 30.7 Å². The van der Waals surface area contributed by atoms with E-state index in [0.29, 0.717) is 18.2 Å². The number of rotatable bonds is 6. The maximum absolute atomic E-state index is 12.5. The van der Waals surface area contributed by atoms with E-state index >= 15 is 0 Å². The van der Waals surface area contributed by atoms with Crippen LogP contribution >= 0.6 is 11.8 Å². The number of nitrogens with zero attached hydrogens (tertiary/aromatic N) is 4. The molecule has 0 aromatic carbocycles. The second-order valence-electron chi connectivity index (χ2n) is 9.05. The molecule has 7 nitrogen and oxygen atoms in total. The van der Waals surface area contributed by atoms with Crippen molar-refractivity contribution in [2.45, 2.75) is 44.0 Å². The van der Waals surface area contributed by atoms with Crippen molar-refractivity contribution in [3.05, 3.63) is 58.1 Å². The summed E-state index contributed by atoms with van der Waals surface area (Å²) in [5, 5.41) is 2.88. The lowest BCUT2D eigenvalue weighted by Gasteiger charge is -2.32. The second-order valence-corrected chi connectivity index (χ2v) is 10.1. The third kappa shape index (κ3) is 5.12. The van der Waals surface area contributed by atoms with Crippen LogP contribution in [0.25, 0.3) is 11.0 Å². The standard InChI is InChI=1S/C25H29N5O2S/c1-17-14-21-20(26-15-17)5-7-24(32)30(21)13-12-29-10-8-18(9-11-29)2-3-19-4-6-22-25(27-19)28-23(31)16-33-22/h4-7,14-15,18H,2-3,8-13,16H2,1H3,(H,27,28,31). The molecule has 33 heavy (non-hydrogen) atoms. The summed E-state index contributed by atoms with van der Waals surface area (Å²) in [5.74, 6) is 1.91. The molecule has 0 spiro atoms. The Bertz CT molecular complexity index is 1230. The van der Waals surface area contributed by atoms with Crippen molar-refractivity contribution < 1.29 is 4.79 Å². The Morgan fingerprint density at radius 3 is 2.82 bits per heavy atom. The van der Waals surface area contributed by atoms with Gasteiger partial charge < -0.3 is 14.8 Å². The molecule has 2 aliphatic heterocycles. The summed E-state index contributed by atoms with van der Waals surface area (Å²) < 4.78 is 1.86. The highest BCUT2D eigenvalue weighted by Gasteiger charge is 2.21. The van der Waals surface area contributed by atoms with Gasteiger partial charge in [0.25, 0.3) is 5.56 Å². The summed E-state index contributed by atoms with van der Waals surface area (Å²) in [6, 6.07) is 9.65. The summed E-state index contributed by atoms with van der Waals surface area (Å²) in [5.41, 5.74) is 3.95. The molecule has 0 radical (unpaired) electrons. The molecule has 0 bridgehead atoms. The number of amides is 1. The number of carbonyl (C=O) groups is 1. The largest absolute Gasteiger partial charge is 0.309 e. The van der Waals surface area contributed by atoms with Crippen LogP contribution in [0.5, 0.6) is 0 Å². The number of thioether (sulfide) groups is 1. The molecular formula is C25H29N5O2S. The molecule has 0 unspecified atom stereocenters. The minimum Gasteiger partial charge on any atom is -0.309 e. The van der Waals surface area contributed by atoms with E-state index in [1.165, 1.54) is 12.8 Å². The summed E-state index contributed by atoms with van der Waals surface area (Å²) in [6.45, 7) is 5.70. The average Bonchev–Trinajstić information content (AvgIpc) is 2.82. The maximum Gasteiger partial charge on any atom is 0.251 e. The molecule has 172 valence electrons. The molecule has 3 aromatic rings. The Hall–Kier alpha value is -2.71. The van der Waals surface area contributed by atoms with E-state index in [1.807, 2.05) is 23.8 Å². The zero-order valence-electron chi connectivity index (χ0n) is 18.9. The summed E-state index contributed by atoms with van der Waals surface area (Å²) in [4.78, 5) is 36.7. The topological polar surface area (TPSA) is 80.1 Å². The van der Waals surface area contributed by atoms with E-state index in [4.69, 9.17) is 0 Å². The quantitative estimate of drug-likeness (QED) is 0.603. The van der Waals surface area contributed by atoms with Crippen LogP contribution in [0.4, 0.5) is 5.82 Å². The monoisotopic (exact) mass is 463 g/mol. The van der Waals surface area contributed by atoms with Crippen LogP contribution < -0.4 is 10.9 Å². The average molecular weight is 464 g/mol. The first-order chi connectivity index (χ1) is 16.0. The minimum absolute atomic E-state index is 0.0293. The van der Waals surface area contributed by atoms with Gasteiger partial charge in [-0.05, 0) is 81.4 Å². The molecule has 3 aromatic heterocycles. The molecule has 1 fully saturated rings. The maximum atomic E-state index is 12.5. The number of pyridine rings is 3. The molecule has 0 atom stereocenters. The normalized spacial score (nSPS) is 17.2. The molecule has 1 saturated heterocycles. The molecule has 0 saturated carbocycles. The van der Waals surface area contributed by atoms with Crippen LogP contribution in [0.1, 0.15) is 30.5 Å². The molecule has 5 rings (SSSR count). The first-order valence-corrected chi connectivity index (χ1v) is 12.6. The number of fused-ring (bicyclic) bond motifs is 2. The zero-order chi connectivity index (χ0) is 22.8. The van der Waals surface area contributed by atoms with Crippen LogP contribution in [0.2, 0.25) is 0 Å². The lowest BCUT2D eigenvalue weighted by molar-refractivity contribution is -0.113. The second kappa shape index (κ2) is 9.65. The molecule has 0 aliphatic carbocycles. The van der Waals surface area contributed by atoms with Crippen LogP contribution in [0, 0.1) is 12.8 Å². The Morgan fingerprint density at radius 2 is 1.97 bits per heavy atom. The van der Waals surface area contributed by atoms with Crippen molar-refractivity contribution >= 4 is 34.5 Å². The van der Waals surface area contributed by atoms with Crippen LogP contribution in [0.15, 0.2) is 46.2 Å². The van der Waals surface area contributed by atoms with Crippen molar-refractivity contribution in [1.82, 2.24) is 19.4 Å². The summed E-state index contributed by atoms with van der Waals surface area (Å²) in [7, 11) is 0.